The summed E-state index contributed by atoms with van der Waals surface area (Å²) in [5.74, 6) is 0.430. The molecule has 0 N–H and O–H groups in total. The summed E-state index contributed by atoms with van der Waals surface area (Å²) in [4.78, 5) is 22.5. The molecule has 3 nitrogen and oxygen atoms in total. The molecule has 0 aromatic carbocycles. The van der Waals surface area contributed by atoms with Crippen molar-refractivity contribution >= 4 is 22.0 Å². The van der Waals surface area contributed by atoms with E-state index in [4.69, 9.17) is 4.74 Å². The Morgan fingerprint density at radius 1 is 1.50 bits per heavy atom. The third kappa shape index (κ3) is 2.88. The van der Waals surface area contributed by atoms with Crippen LogP contribution in [0.2, 0.25) is 0 Å². The molecular weight excluding hydrogens is 224 g/mol. The van der Waals surface area contributed by atoms with E-state index in [1.54, 1.807) is 0 Å². The third-order valence-corrected chi connectivity index (χ3v) is 5.66. The van der Waals surface area contributed by atoms with Crippen LogP contribution in [0.5, 0.6) is 0 Å². The van der Waals surface area contributed by atoms with E-state index in [0.29, 0.717) is 6.42 Å². The molecule has 0 aliphatic carbocycles. The first-order valence-corrected chi connectivity index (χ1v) is 7.02. The van der Waals surface area contributed by atoms with Crippen molar-refractivity contribution in [1.82, 2.24) is 0 Å². The molecule has 1 rings (SSSR count). The standard InChI is InChI=1S/C12H19O3S/c1-4-10(13)15-12(3)8-6-7-9-16(12)11(14)5-2/h4H,1,5-9H2,2-3H3/q+1. The van der Waals surface area contributed by atoms with E-state index in [1.807, 2.05) is 13.8 Å². The van der Waals surface area contributed by atoms with E-state index < -0.39 is 21.8 Å². The van der Waals surface area contributed by atoms with Crippen molar-refractivity contribution in [3.63, 3.8) is 0 Å². The zero-order valence-electron chi connectivity index (χ0n) is 9.95. The molecule has 1 fully saturated rings. The summed E-state index contributed by atoms with van der Waals surface area (Å²) < 4.78 is 5.40. The fourth-order valence-electron chi connectivity index (χ4n) is 1.92. The second-order valence-electron chi connectivity index (χ2n) is 4.04. The van der Waals surface area contributed by atoms with Gasteiger partial charge in [-0.3, -0.25) is 0 Å². The van der Waals surface area contributed by atoms with Crippen LogP contribution in [0.3, 0.4) is 0 Å². The number of rotatable bonds is 3. The van der Waals surface area contributed by atoms with Crippen LogP contribution in [-0.2, 0) is 25.2 Å². The van der Waals surface area contributed by atoms with Crippen LogP contribution in [-0.4, -0.2) is 21.8 Å². The van der Waals surface area contributed by atoms with Gasteiger partial charge < -0.3 is 4.74 Å². The van der Waals surface area contributed by atoms with Gasteiger partial charge in [0.05, 0.1) is 6.42 Å². The first kappa shape index (κ1) is 13.3. The fraction of sp³-hybridized carbons (Fsp3) is 0.667. The Kier molecular flexibility index (Phi) is 4.59. The fourth-order valence-corrected chi connectivity index (χ4v) is 4.47. The summed E-state index contributed by atoms with van der Waals surface area (Å²) in [6, 6.07) is 0. The van der Waals surface area contributed by atoms with Crippen LogP contribution in [0.15, 0.2) is 12.7 Å². The topological polar surface area (TPSA) is 43.4 Å². The summed E-state index contributed by atoms with van der Waals surface area (Å²) in [5.41, 5.74) is 0. The summed E-state index contributed by atoms with van der Waals surface area (Å²) >= 11 is 0. The van der Waals surface area contributed by atoms with Crippen LogP contribution in [0.25, 0.3) is 0 Å². The highest BCUT2D eigenvalue weighted by Gasteiger charge is 2.52. The summed E-state index contributed by atoms with van der Waals surface area (Å²) in [6.07, 6.45) is 4.53. The Morgan fingerprint density at radius 3 is 2.75 bits per heavy atom. The van der Waals surface area contributed by atoms with Crippen molar-refractivity contribution in [1.29, 1.82) is 0 Å². The molecule has 0 spiro atoms. The Labute approximate surface area is 99.6 Å². The molecule has 0 aromatic rings. The average molecular weight is 243 g/mol. The predicted octanol–water partition coefficient (Wildman–Crippen LogP) is 2.17. The molecule has 0 bridgehead atoms. The van der Waals surface area contributed by atoms with E-state index in [2.05, 4.69) is 6.58 Å². The van der Waals surface area contributed by atoms with E-state index in [9.17, 15) is 9.59 Å². The SMILES string of the molecule is C=CC(=O)OC1(C)CCCC[S+]1C(=O)CC. The first-order valence-electron chi connectivity index (χ1n) is 5.62. The number of hydrogen-bond donors (Lipinski definition) is 0. The minimum atomic E-state index is -0.601. The van der Waals surface area contributed by atoms with Crippen molar-refractivity contribution in [3.8, 4) is 0 Å². The normalized spacial score (nSPS) is 29.5. The summed E-state index contributed by atoms with van der Waals surface area (Å²) in [7, 11) is -0.445. The quantitative estimate of drug-likeness (QED) is 0.433. The zero-order valence-corrected chi connectivity index (χ0v) is 10.8. The third-order valence-electron chi connectivity index (χ3n) is 2.80. The van der Waals surface area contributed by atoms with E-state index in [1.165, 1.54) is 0 Å². The van der Waals surface area contributed by atoms with Crippen LogP contribution in [0.1, 0.15) is 39.5 Å². The van der Waals surface area contributed by atoms with E-state index in [0.717, 1.165) is 31.1 Å². The predicted molar refractivity (Wildman–Crippen MR) is 66.1 cm³/mol. The van der Waals surface area contributed by atoms with Crippen LogP contribution >= 0.6 is 0 Å². The second-order valence-corrected chi connectivity index (χ2v) is 6.55. The molecule has 0 radical (unpaired) electrons. The molecule has 1 heterocycles. The van der Waals surface area contributed by atoms with Gasteiger partial charge in [-0.2, -0.15) is 0 Å². The molecule has 4 heteroatoms. The van der Waals surface area contributed by atoms with Crippen LogP contribution in [0.4, 0.5) is 0 Å². The maximum atomic E-state index is 11.8. The Hall–Kier alpha value is -0.770. The highest BCUT2D eigenvalue weighted by molar-refractivity contribution is 8.11. The smallest absolute Gasteiger partial charge is 0.334 e. The molecule has 1 aliphatic heterocycles. The van der Waals surface area contributed by atoms with Crippen LogP contribution < -0.4 is 0 Å². The van der Waals surface area contributed by atoms with Crippen LogP contribution in [0, 0.1) is 0 Å². The van der Waals surface area contributed by atoms with Gasteiger partial charge in [0.1, 0.15) is 16.6 Å². The molecule has 2 atom stereocenters. The Balaban J connectivity index is 2.82. The monoisotopic (exact) mass is 243 g/mol. The van der Waals surface area contributed by atoms with Gasteiger partial charge >= 0.3 is 11.1 Å². The molecule has 0 aromatic heterocycles. The number of esters is 1. The minimum Gasteiger partial charge on any atom is -0.410 e. The number of carbonyl (C=O) groups excluding carboxylic acids is 2. The molecule has 2 unspecified atom stereocenters. The van der Waals surface area contributed by atoms with E-state index >= 15 is 0 Å². The van der Waals surface area contributed by atoms with Gasteiger partial charge in [-0.25, -0.2) is 9.59 Å². The highest BCUT2D eigenvalue weighted by atomic mass is 32.2. The lowest BCUT2D eigenvalue weighted by molar-refractivity contribution is -0.145. The number of hydrogen-bond acceptors (Lipinski definition) is 3. The van der Waals surface area contributed by atoms with Crippen molar-refractivity contribution in [2.75, 3.05) is 5.75 Å². The maximum Gasteiger partial charge on any atom is 0.334 e. The number of ether oxygens (including phenoxy) is 1. The molecule has 1 saturated heterocycles. The number of carbonyl (C=O) groups is 2. The zero-order chi connectivity index (χ0) is 12.2. The van der Waals surface area contributed by atoms with Crippen molar-refractivity contribution in [3.05, 3.63) is 12.7 Å². The van der Waals surface area contributed by atoms with Gasteiger partial charge in [0.15, 0.2) is 0 Å². The molecule has 16 heavy (non-hydrogen) atoms. The molecule has 1 aliphatic rings. The van der Waals surface area contributed by atoms with E-state index in [-0.39, 0.29) is 5.12 Å². The second kappa shape index (κ2) is 5.53. The van der Waals surface area contributed by atoms with Gasteiger partial charge in [0.25, 0.3) is 4.93 Å². The first-order chi connectivity index (χ1) is 7.53. The largest absolute Gasteiger partial charge is 0.410 e. The highest BCUT2D eigenvalue weighted by Crippen LogP contribution is 2.34. The molecule has 90 valence electrons. The minimum absolute atomic E-state index is 0.221. The Morgan fingerprint density at radius 2 is 2.19 bits per heavy atom. The van der Waals surface area contributed by atoms with Crippen molar-refractivity contribution in [2.24, 2.45) is 0 Å². The molecule has 0 saturated carbocycles. The van der Waals surface area contributed by atoms with Gasteiger partial charge in [0.2, 0.25) is 0 Å². The van der Waals surface area contributed by atoms with Crippen molar-refractivity contribution in [2.45, 2.75) is 44.5 Å². The average Bonchev–Trinajstić information content (AvgIpc) is 2.28. The van der Waals surface area contributed by atoms with Gasteiger partial charge in [0, 0.05) is 19.4 Å². The lowest BCUT2D eigenvalue weighted by Gasteiger charge is -2.30. The van der Waals surface area contributed by atoms with Gasteiger partial charge in [-0.1, -0.05) is 13.5 Å². The van der Waals surface area contributed by atoms with Gasteiger partial charge in [-0.05, 0) is 12.8 Å². The Bertz CT molecular complexity index is 301. The summed E-state index contributed by atoms with van der Waals surface area (Å²) in [6.45, 7) is 7.13. The molecular formula is C12H19O3S+. The lowest BCUT2D eigenvalue weighted by Crippen LogP contribution is -2.47. The maximum absolute atomic E-state index is 11.8. The molecule has 0 amide bonds. The van der Waals surface area contributed by atoms with Gasteiger partial charge in [-0.15, -0.1) is 0 Å². The lowest BCUT2D eigenvalue weighted by atomic mass is 10.1. The van der Waals surface area contributed by atoms with Crippen molar-refractivity contribution < 1.29 is 14.3 Å². The summed E-state index contributed by atoms with van der Waals surface area (Å²) in [5, 5.41) is 0.221.